The van der Waals surface area contributed by atoms with Gasteiger partial charge in [-0.05, 0) is 26.3 Å². The molecule has 2 aliphatic heterocycles. The summed E-state index contributed by atoms with van der Waals surface area (Å²) in [7, 11) is 3.15. The normalized spacial score (nSPS) is 24.2. The van der Waals surface area contributed by atoms with E-state index in [1.807, 2.05) is 0 Å². The molecule has 2 fully saturated rings. The number of thioether (sulfide) groups is 1. The predicted octanol–water partition coefficient (Wildman–Crippen LogP) is -3.31. The molecule has 33 heavy (non-hydrogen) atoms. The van der Waals surface area contributed by atoms with E-state index in [0.29, 0.717) is 5.56 Å². The van der Waals surface area contributed by atoms with E-state index >= 15 is 0 Å². The fraction of sp³-hybridized carbons (Fsp3) is 0.455. The Morgan fingerprint density at radius 2 is 1.79 bits per heavy atom. The number of carbonyl (C=O) groups is 4. The molecular weight excluding hydrogens is 471 g/mol. The van der Waals surface area contributed by atoms with Crippen molar-refractivity contribution in [3.05, 3.63) is 47.7 Å². The number of carboxylic acids is 1. The Balaban J connectivity index is 0.00000385. The second kappa shape index (κ2) is 10.6. The Morgan fingerprint density at radius 3 is 2.30 bits per heavy atom. The number of nitrogens with two attached hydrogens (primary N) is 1. The van der Waals surface area contributed by atoms with Crippen LogP contribution < -0.4 is 62.2 Å². The van der Waals surface area contributed by atoms with Gasteiger partial charge in [0.2, 0.25) is 17.7 Å². The minimum Gasteiger partial charge on any atom is -0.548 e. The van der Waals surface area contributed by atoms with Crippen LogP contribution in [0, 0.1) is 0 Å². The number of hydrogen-bond acceptors (Lipinski definition) is 7. The van der Waals surface area contributed by atoms with E-state index in [0.717, 1.165) is 0 Å². The van der Waals surface area contributed by atoms with Crippen LogP contribution in [-0.4, -0.2) is 74.7 Å². The topological polar surface area (TPSA) is 127 Å². The number of likely N-dealkylation sites (N-methyl/N-ethyl adjacent to an activating group) is 1. The number of allylic oxidation sites excluding steroid dienone is 1. The van der Waals surface area contributed by atoms with Gasteiger partial charge in [-0.3, -0.25) is 19.3 Å². The maximum atomic E-state index is 13.5. The third-order valence-electron chi connectivity index (χ3n) is 5.73. The molecule has 9 nitrogen and oxygen atoms in total. The van der Waals surface area contributed by atoms with Crippen molar-refractivity contribution in [2.75, 3.05) is 14.1 Å². The summed E-state index contributed by atoms with van der Waals surface area (Å²) < 4.78 is -0.804. The van der Waals surface area contributed by atoms with Crippen LogP contribution in [0.1, 0.15) is 32.4 Å². The molecule has 1 aromatic rings. The first-order valence-electron chi connectivity index (χ1n) is 10.1. The number of carboxylic acid groups (broad SMARTS) is 1. The standard InChI is InChI=1S/C22H28N4O5S.K/c1-12(11-14(27)24(4)5)25(18(28)15(23)13-9-7-6-8-10-13)16-19(29)26-17(21(30)31)22(2,3)32-20(16)26;/h6-11,15-17,20H,23H2,1-5H3,(H,30,31);/q;+1/p-1/t15?,16-,17+,20-;/m1./s1. The van der Waals surface area contributed by atoms with E-state index in [2.05, 4.69) is 0 Å². The number of aliphatic carboxylic acids is 1. The molecule has 2 aliphatic rings. The molecular formula is C22H27KN4O5S. The average Bonchev–Trinajstić information content (AvgIpc) is 2.98. The molecule has 2 saturated heterocycles. The fourth-order valence-corrected chi connectivity index (χ4v) is 5.74. The molecule has 4 atom stereocenters. The van der Waals surface area contributed by atoms with Crippen molar-refractivity contribution in [2.45, 2.75) is 49.0 Å². The summed E-state index contributed by atoms with van der Waals surface area (Å²) in [4.78, 5) is 54.5. The Labute approximate surface area is 240 Å². The Morgan fingerprint density at radius 1 is 1.21 bits per heavy atom. The van der Waals surface area contributed by atoms with Crippen molar-refractivity contribution >= 4 is 35.5 Å². The van der Waals surface area contributed by atoms with Gasteiger partial charge in [-0.2, -0.15) is 0 Å². The first-order chi connectivity index (χ1) is 14.9. The summed E-state index contributed by atoms with van der Waals surface area (Å²) in [5.41, 5.74) is 7.06. The second-order valence-corrected chi connectivity index (χ2v) is 10.4. The van der Waals surface area contributed by atoms with E-state index in [-0.39, 0.29) is 63.0 Å². The summed E-state index contributed by atoms with van der Waals surface area (Å²) in [5, 5.41) is 11.1. The van der Waals surface area contributed by atoms with Gasteiger partial charge in [0.05, 0.1) is 12.0 Å². The van der Waals surface area contributed by atoms with Crippen molar-refractivity contribution < 1.29 is 75.7 Å². The number of amides is 3. The second-order valence-electron chi connectivity index (χ2n) is 8.64. The van der Waals surface area contributed by atoms with Crippen LogP contribution >= 0.6 is 11.8 Å². The maximum absolute atomic E-state index is 13.5. The molecule has 3 rings (SSSR count). The maximum Gasteiger partial charge on any atom is 1.00 e. The van der Waals surface area contributed by atoms with Crippen molar-refractivity contribution in [1.29, 1.82) is 0 Å². The molecule has 0 bridgehead atoms. The van der Waals surface area contributed by atoms with Crippen LogP contribution in [0.3, 0.4) is 0 Å². The molecule has 2 heterocycles. The van der Waals surface area contributed by atoms with Crippen LogP contribution in [0.5, 0.6) is 0 Å². The minimum atomic E-state index is -1.34. The molecule has 0 aliphatic carbocycles. The van der Waals surface area contributed by atoms with Crippen molar-refractivity contribution in [1.82, 2.24) is 14.7 Å². The Bertz CT molecular complexity index is 984. The predicted molar refractivity (Wildman–Crippen MR) is 118 cm³/mol. The van der Waals surface area contributed by atoms with Gasteiger partial charge in [0.1, 0.15) is 17.5 Å². The molecule has 0 radical (unpaired) electrons. The van der Waals surface area contributed by atoms with E-state index in [1.165, 1.54) is 32.5 Å². The summed E-state index contributed by atoms with van der Waals surface area (Å²) in [5.74, 6) is -2.76. The number of benzene rings is 1. The average molecular weight is 499 g/mol. The third-order valence-corrected chi connectivity index (χ3v) is 7.29. The number of carbonyl (C=O) groups excluding carboxylic acids is 4. The summed E-state index contributed by atoms with van der Waals surface area (Å²) >= 11 is 1.29. The van der Waals surface area contributed by atoms with Gasteiger partial charge in [-0.15, -0.1) is 11.8 Å². The van der Waals surface area contributed by atoms with Gasteiger partial charge in [0.25, 0.3) is 0 Å². The summed E-state index contributed by atoms with van der Waals surface area (Å²) in [6.45, 7) is 5.01. The van der Waals surface area contributed by atoms with Crippen LogP contribution in [0.15, 0.2) is 42.1 Å². The van der Waals surface area contributed by atoms with E-state index in [9.17, 15) is 24.3 Å². The zero-order valence-electron chi connectivity index (χ0n) is 19.6. The van der Waals surface area contributed by atoms with E-state index in [4.69, 9.17) is 5.73 Å². The van der Waals surface area contributed by atoms with Gasteiger partial charge in [-0.25, -0.2) is 0 Å². The zero-order chi connectivity index (χ0) is 24.0. The first kappa shape index (κ1) is 28.0. The van der Waals surface area contributed by atoms with Crippen LogP contribution in [-0.2, 0) is 19.2 Å². The molecule has 0 aromatic heterocycles. The van der Waals surface area contributed by atoms with E-state index in [1.54, 1.807) is 65.2 Å². The van der Waals surface area contributed by atoms with Gasteiger partial charge < -0.3 is 25.4 Å². The largest absolute Gasteiger partial charge is 1.00 e. The summed E-state index contributed by atoms with van der Waals surface area (Å²) in [6.07, 6.45) is 1.27. The SMILES string of the molecule is CC(=CC(=O)N(C)C)N(C(=O)C(N)c1ccccc1)[C@@H]1C(=O)N2[C@@H]1SC(C)(C)[C@@H]2C(=O)[O-].[K+]. The van der Waals surface area contributed by atoms with Gasteiger partial charge >= 0.3 is 51.4 Å². The summed E-state index contributed by atoms with van der Waals surface area (Å²) in [6, 6.07) is 5.56. The van der Waals surface area contributed by atoms with Crippen molar-refractivity contribution in [3.63, 3.8) is 0 Å². The smallest absolute Gasteiger partial charge is 0.548 e. The Kier molecular flexibility index (Phi) is 8.99. The minimum absolute atomic E-state index is 0. The van der Waals surface area contributed by atoms with Crippen LogP contribution in [0.25, 0.3) is 0 Å². The third kappa shape index (κ3) is 5.24. The Hall–Kier alpha value is -1.21. The molecule has 3 amide bonds. The molecule has 1 unspecified atom stereocenters. The van der Waals surface area contributed by atoms with Gasteiger partial charge in [0, 0.05) is 30.6 Å². The number of hydrogen-bond donors (Lipinski definition) is 1. The van der Waals surface area contributed by atoms with Gasteiger partial charge in [0.15, 0.2) is 0 Å². The monoisotopic (exact) mass is 498 g/mol. The first-order valence-corrected chi connectivity index (χ1v) is 11.0. The molecule has 172 valence electrons. The zero-order valence-corrected chi connectivity index (χ0v) is 23.6. The number of nitrogens with zero attached hydrogens (tertiary/aromatic N) is 3. The number of rotatable bonds is 6. The molecule has 11 heteroatoms. The van der Waals surface area contributed by atoms with Crippen molar-refractivity contribution in [2.24, 2.45) is 5.73 Å². The molecule has 2 N–H and O–H groups in total. The fourth-order valence-electron chi connectivity index (χ4n) is 4.07. The molecule has 0 saturated carbocycles. The quantitative estimate of drug-likeness (QED) is 0.247. The van der Waals surface area contributed by atoms with Gasteiger partial charge in [-0.1, -0.05) is 30.3 Å². The van der Waals surface area contributed by atoms with Crippen LogP contribution in [0.2, 0.25) is 0 Å². The van der Waals surface area contributed by atoms with E-state index < -0.39 is 46.0 Å². The van der Waals surface area contributed by atoms with Crippen LogP contribution in [0.4, 0.5) is 0 Å². The van der Waals surface area contributed by atoms with Crippen molar-refractivity contribution in [3.8, 4) is 0 Å². The molecule has 1 aromatic carbocycles. The number of β-lactam (4-membered cyclic amide) rings is 1. The molecule has 0 spiro atoms. The number of fused-ring (bicyclic) bond motifs is 1.